The van der Waals surface area contributed by atoms with Crippen LogP contribution in [0.2, 0.25) is 5.02 Å². The molecule has 6 nitrogen and oxygen atoms in total. The van der Waals surface area contributed by atoms with Gasteiger partial charge in [0, 0.05) is 16.6 Å². The molecular weight excluding hydrogens is 424 g/mol. The highest BCUT2D eigenvalue weighted by Gasteiger charge is 2.14. The van der Waals surface area contributed by atoms with Crippen molar-refractivity contribution in [1.82, 2.24) is 15.0 Å². The van der Waals surface area contributed by atoms with Crippen molar-refractivity contribution in [2.24, 2.45) is 0 Å². The zero-order valence-corrected chi connectivity index (χ0v) is 18.2. The van der Waals surface area contributed by atoms with E-state index >= 15 is 0 Å². The standard InChI is InChI=1S/C25H19ClN4O2/c1-15-12-21-22(14-20(15)27-25(31)17-10-11-24(32-2)19(26)13-17)29-30(28-21)23-9-5-7-16-6-3-4-8-18(16)23/h3-14H,1-2H3,(H,27,31). The molecule has 0 atom stereocenters. The lowest BCUT2D eigenvalue weighted by Gasteiger charge is -2.09. The number of aryl methyl sites for hydroxylation is 1. The van der Waals surface area contributed by atoms with Crippen molar-refractivity contribution < 1.29 is 9.53 Å². The van der Waals surface area contributed by atoms with E-state index in [4.69, 9.17) is 16.3 Å². The Morgan fingerprint density at radius 2 is 1.72 bits per heavy atom. The predicted molar refractivity (Wildman–Crippen MR) is 127 cm³/mol. The van der Waals surface area contributed by atoms with E-state index < -0.39 is 0 Å². The first-order valence-corrected chi connectivity index (χ1v) is 10.4. The summed E-state index contributed by atoms with van der Waals surface area (Å²) in [4.78, 5) is 14.4. The molecule has 0 unspecified atom stereocenters. The molecule has 5 aromatic rings. The first-order chi connectivity index (χ1) is 15.5. The molecule has 7 heteroatoms. The summed E-state index contributed by atoms with van der Waals surface area (Å²) >= 11 is 6.16. The third-order valence-electron chi connectivity index (χ3n) is 5.37. The second-order valence-electron chi connectivity index (χ2n) is 7.45. The van der Waals surface area contributed by atoms with Crippen molar-refractivity contribution in [3.8, 4) is 11.4 Å². The Balaban J connectivity index is 1.50. The molecule has 5 rings (SSSR count). The quantitative estimate of drug-likeness (QED) is 0.382. The van der Waals surface area contributed by atoms with Gasteiger partial charge in [0.15, 0.2) is 0 Å². The Morgan fingerprint density at radius 1 is 0.969 bits per heavy atom. The number of aromatic nitrogens is 3. The number of carbonyl (C=O) groups excluding carboxylic acids is 1. The molecule has 1 N–H and O–H groups in total. The number of carbonyl (C=O) groups is 1. The van der Waals surface area contributed by atoms with Crippen molar-refractivity contribution in [1.29, 1.82) is 0 Å². The molecule has 0 aliphatic heterocycles. The molecule has 4 aromatic carbocycles. The van der Waals surface area contributed by atoms with E-state index in [9.17, 15) is 4.79 Å². The van der Waals surface area contributed by atoms with Gasteiger partial charge in [0.05, 0.1) is 17.8 Å². The number of methoxy groups -OCH3 is 1. The molecule has 0 bridgehead atoms. The fourth-order valence-electron chi connectivity index (χ4n) is 3.70. The highest BCUT2D eigenvalue weighted by Crippen LogP contribution is 2.27. The van der Waals surface area contributed by atoms with E-state index in [1.165, 1.54) is 7.11 Å². The van der Waals surface area contributed by atoms with Crippen LogP contribution in [0.3, 0.4) is 0 Å². The van der Waals surface area contributed by atoms with Crippen LogP contribution in [-0.4, -0.2) is 28.0 Å². The average Bonchev–Trinajstić information content (AvgIpc) is 3.21. The van der Waals surface area contributed by atoms with Crippen LogP contribution in [0.1, 0.15) is 15.9 Å². The summed E-state index contributed by atoms with van der Waals surface area (Å²) < 4.78 is 5.15. The van der Waals surface area contributed by atoms with Gasteiger partial charge >= 0.3 is 0 Å². The number of ether oxygens (including phenoxy) is 1. The van der Waals surface area contributed by atoms with Crippen molar-refractivity contribution in [2.75, 3.05) is 12.4 Å². The van der Waals surface area contributed by atoms with Crippen LogP contribution < -0.4 is 10.1 Å². The molecule has 0 saturated heterocycles. The van der Waals surface area contributed by atoms with Crippen LogP contribution in [0.5, 0.6) is 5.75 Å². The Bertz CT molecular complexity index is 1490. The molecular formula is C25H19ClN4O2. The minimum Gasteiger partial charge on any atom is -0.495 e. The van der Waals surface area contributed by atoms with Crippen LogP contribution in [0.15, 0.2) is 72.8 Å². The van der Waals surface area contributed by atoms with Crippen molar-refractivity contribution in [3.05, 3.63) is 88.9 Å². The number of benzene rings is 4. The van der Waals surface area contributed by atoms with Gasteiger partial charge in [-0.1, -0.05) is 48.0 Å². The summed E-state index contributed by atoms with van der Waals surface area (Å²) in [5, 5.41) is 14.8. The Hall–Kier alpha value is -3.90. The molecule has 158 valence electrons. The van der Waals surface area contributed by atoms with Gasteiger partial charge in [0.2, 0.25) is 0 Å². The number of halogens is 1. The van der Waals surface area contributed by atoms with Crippen LogP contribution in [0, 0.1) is 6.92 Å². The SMILES string of the molecule is COc1ccc(C(=O)Nc2cc3nn(-c4cccc5ccccc45)nc3cc2C)cc1Cl. The molecule has 0 aliphatic rings. The first-order valence-electron chi connectivity index (χ1n) is 10.0. The fourth-order valence-corrected chi connectivity index (χ4v) is 3.95. The fraction of sp³-hybridized carbons (Fsp3) is 0.0800. The predicted octanol–water partition coefficient (Wildman–Crippen LogP) is 5.80. The van der Waals surface area contributed by atoms with E-state index in [1.807, 2.05) is 43.3 Å². The number of hydrogen-bond donors (Lipinski definition) is 1. The zero-order valence-electron chi connectivity index (χ0n) is 17.5. The van der Waals surface area contributed by atoms with E-state index in [1.54, 1.807) is 23.0 Å². The van der Waals surface area contributed by atoms with Gasteiger partial charge in [-0.15, -0.1) is 15.0 Å². The summed E-state index contributed by atoms with van der Waals surface area (Å²) in [6.07, 6.45) is 0. The summed E-state index contributed by atoms with van der Waals surface area (Å²) in [6, 6.07) is 22.8. The summed E-state index contributed by atoms with van der Waals surface area (Å²) in [5.74, 6) is 0.254. The van der Waals surface area contributed by atoms with Gasteiger partial charge in [-0.25, -0.2) is 0 Å². The third-order valence-corrected chi connectivity index (χ3v) is 5.67. The third kappa shape index (κ3) is 3.55. The van der Waals surface area contributed by atoms with Crippen LogP contribution in [0.25, 0.3) is 27.5 Å². The molecule has 1 heterocycles. The Morgan fingerprint density at radius 3 is 2.50 bits per heavy atom. The van der Waals surface area contributed by atoms with Gasteiger partial charge in [0.1, 0.15) is 16.8 Å². The van der Waals surface area contributed by atoms with Gasteiger partial charge in [0.25, 0.3) is 5.91 Å². The maximum absolute atomic E-state index is 12.8. The number of hydrogen-bond acceptors (Lipinski definition) is 4. The smallest absolute Gasteiger partial charge is 0.255 e. The summed E-state index contributed by atoms with van der Waals surface area (Å²) in [6.45, 7) is 1.92. The molecule has 0 radical (unpaired) electrons. The molecule has 0 aliphatic carbocycles. The Labute approximate surface area is 189 Å². The lowest BCUT2D eigenvalue weighted by molar-refractivity contribution is 0.102. The number of nitrogens with zero attached hydrogens (tertiary/aromatic N) is 3. The molecule has 1 aromatic heterocycles. The molecule has 0 spiro atoms. The van der Waals surface area contributed by atoms with Gasteiger partial charge < -0.3 is 10.1 Å². The maximum Gasteiger partial charge on any atom is 0.255 e. The largest absolute Gasteiger partial charge is 0.495 e. The van der Waals surface area contributed by atoms with Crippen LogP contribution in [0.4, 0.5) is 5.69 Å². The number of rotatable bonds is 4. The summed E-state index contributed by atoms with van der Waals surface area (Å²) in [5.41, 5.74) is 4.33. The van der Waals surface area contributed by atoms with Crippen molar-refractivity contribution in [2.45, 2.75) is 6.92 Å². The van der Waals surface area contributed by atoms with E-state index in [0.717, 1.165) is 27.5 Å². The minimum atomic E-state index is -0.265. The molecule has 0 saturated carbocycles. The highest BCUT2D eigenvalue weighted by molar-refractivity contribution is 6.32. The van der Waals surface area contributed by atoms with Crippen LogP contribution >= 0.6 is 11.6 Å². The van der Waals surface area contributed by atoms with E-state index in [2.05, 4.69) is 33.7 Å². The molecule has 32 heavy (non-hydrogen) atoms. The number of amides is 1. The van der Waals surface area contributed by atoms with Gasteiger partial charge in [-0.05, 0) is 54.3 Å². The van der Waals surface area contributed by atoms with E-state index in [0.29, 0.717) is 27.5 Å². The average molecular weight is 443 g/mol. The minimum absolute atomic E-state index is 0.265. The van der Waals surface area contributed by atoms with Crippen molar-refractivity contribution in [3.63, 3.8) is 0 Å². The lowest BCUT2D eigenvalue weighted by atomic mass is 10.1. The van der Waals surface area contributed by atoms with Crippen LogP contribution in [-0.2, 0) is 0 Å². The number of anilines is 1. The molecule has 1 amide bonds. The Kier molecular flexibility index (Phi) is 4.99. The normalized spacial score (nSPS) is 11.1. The second-order valence-corrected chi connectivity index (χ2v) is 7.85. The number of fused-ring (bicyclic) bond motifs is 2. The number of nitrogens with one attached hydrogen (secondary N) is 1. The summed E-state index contributed by atoms with van der Waals surface area (Å²) in [7, 11) is 1.53. The molecule has 0 fully saturated rings. The topological polar surface area (TPSA) is 69.0 Å². The monoisotopic (exact) mass is 442 g/mol. The highest BCUT2D eigenvalue weighted by atomic mass is 35.5. The van der Waals surface area contributed by atoms with Gasteiger partial charge in [-0.3, -0.25) is 4.79 Å². The zero-order chi connectivity index (χ0) is 22.2. The maximum atomic E-state index is 12.8. The second kappa shape index (κ2) is 7.98. The van der Waals surface area contributed by atoms with E-state index in [-0.39, 0.29) is 5.91 Å². The van der Waals surface area contributed by atoms with Crippen molar-refractivity contribution >= 4 is 45.0 Å². The lowest BCUT2D eigenvalue weighted by Crippen LogP contribution is -2.12. The first kappa shape index (κ1) is 20.0. The van der Waals surface area contributed by atoms with Gasteiger partial charge in [-0.2, -0.15) is 0 Å².